The van der Waals surface area contributed by atoms with E-state index in [0.717, 1.165) is 24.9 Å². The Kier molecular flexibility index (Phi) is 5.01. The van der Waals surface area contributed by atoms with Crippen LogP contribution in [0.5, 0.6) is 0 Å². The summed E-state index contributed by atoms with van der Waals surface area (Å²) < 4.78 is 28.3. The van der Waals surface area contributed by atoms with E-state index in [0.29, 0.717) is 24.8 Å². The van der Waals surface area contributed by atoms with Crippen LogP contribution in [-0.2, 0) is 16.8 Å². The molecule has 1 heterocycles. The third-order valence-corrected chi connectivity index (χ3v) is 4.86. The molecule has 1 aromatic rings. The standard InChI is InChI=1S/C14H23N3O2S/c1-12(2)15-11-13-5-7-14(8-6-13)16-20(18,19)17-9-3-4-10-17/h5-8,12,15-16H,3-4,9-11H2,1-2H3. The number of nitrogens with zero attached hydrogens (tertiary/aromatic N) is 1. The molecule has 1 fully saturated rings. The molecule has 2 rings (SSSR count). The van der Waals surface area contributed by atoms with E-state index in [2.05, 4.69) is 23.9 Å². The summed E-state index contributed by atoms with van der Waals surface area (Å²) in [6.07, 6.45) is 1.89. The largest absolute Gasteiger partial charge is 0.310 e. The van der Waals surface area contributed by atoms with Gasteiger partial charge < -0.3 is 5.32 Å². The molecular weight excluding hydrogens is 274 g/mol. The number of rotatable bonds is 6. The van der Waals surface area contributed by atoms with Crippen molar-refractivity contribution in [3.8, 4) is 0 Å². The molecule has 1 aliphatic rings. The first-order valence-corrected chi connectivity index (χ1v) is 8.51. The third-order valence-electron chi connectivity index (χ3n) is 3.32. The molecule has 1 saturated heterocycles. The van der Waals surface area contributed by atoms with Crippen LogP contribution in [-0.4, -0.2) is 31.9 Å². The SMILES string of the molecule is CC(C)NCc1ccc(NS(=O)(=O)N2CCCC2)cc1. The van der Waals surface area contributed by atoms with Crippen LogP contribution in [0.3, 0.4) is 0 Å². The molecule has 112 valence electrons. The Bertz CT molecular complexity index is 520. The van der Waals surface area contributed by atoms with Gasteiger partial charge in [-0.05, 0) is 30.5 Å². The van der Waals surface area contributed by atoms with E-state index in [1.807, 2.05) is 24.3 Å². The first-order valence-electron chi connectivity index (χ1n) is 7.07. The highest BCUT2D eigenvalue weighted by molar-refractivity contribution is 7.90. The van der Waals surface area contributed by atoms with Gasteiger partial charge in [-0.25, -0.2) is 0 Å². The minimum absolute atomic E-state index is 0.434. The Balaban J connectivity index is 1.96. The van der Waals surface area contributed by atoms with Gasteiger partial charge in [-0.15, -0.1) is 0 Å². The molecule has 0 bridgehead atoms. The van der Waals surface area contributed by atoms with Gasteiger partial charge in [0, 0.05) is 31.4 Å². The summed E-state index contributed by atoms with van der Waals surface area (Å²) >= 11 is 0. The van der Waals surface area contributed by atoms with Gasteiger partial charge in [-0.2, -0.15) is 12.7 Å². The van der Waals surface area contributed by atoms with E-state index >= 15 is 0 Å². The zero-order valence-electron chi connectivity index (χ0n) is 12.1. The minimum atomic E-state index is -3.38. The fourth-order valence-corrected chi connectivity index (χ4v) is 3.46. The zero-order valence-corrected chi connectivity index (χ0v) is 12.9. The van der Waals surface area contributed by atoms with E-state index in [9.17, 15) is 8.42 Å². The van der Waals surface area contributed by atoms with Crippen molar-refractivity contribution >= 4 is 15.9 Å². The van der Waals surface area contributed by atoms with Crippen molar-refractivity contribution in [1.29, 1.82) is 0 Å². The van der Waals surface area contributed by atoms with Crippen molar-refractivity contribution in [3.63, 3.8) is 0 Å². The molecule has 0 unspecified atom stereocenters. The molecule has 0 amide bonds. The lowest BCUT2D eigenvalue weighted by Crippen LogP contribution is -2.33. The topological polar surface area (TPSA) is 61.4 Å². The predicted molar refractivity (Wildman–Crippen MR) is 81.8 cm³/mol. The van der Waals surface area contributed by atoms with Crippen molar-refractivity contribution in [2.24, 2.45) is 0 Å². The van der Waals surface area contributed by atoms with Crippen LogP contribution in [0.1, 0.15) is 32.3 Å². The lowest BCUT2D eigenvalue weighted by molar-refractivity contribution is 0.482. The lowest BCUT2D eigenvalue weighted by Gasteiger charge is -2.17. The molecule has 0 saturated carbocycles. The first kappa shape index (κ1) is 15.3. The molecular formula is C14H23N3O2S. The molecule has 0 atom stereocenters. The quantitative estimate of drug-likeness (QED) is 0.843. The van der Waals surface area contributed by atoms with Crippen LogP contribution < -0.4 is 10.0 Å². The lowest BCUT2D eigenvalue weighted by atomic mass is 10.2. The Hall–Kier alpha value is -1.11. The molecule has 0 aromatic heterocycles. The van der Waals surface area contributed by atoms with Crippen LogP contribution in [0.15, 0.2) is 24.3 Å². The van der Waals surface area contributed by atoms with Gasteiger partial charge in [-0.1, -0.05) is 26.0 Å². The van der Waals surface area contributed by atoms with Gasteiger partial charge >= 0.3 is 10.2 Å². The first-order chi connectivity index (χ1) is 9.47. The fourth-order valence-electron chi connectivity index (χ4n) is 2.15. The van der Waals surface area contributed by atoms with E-state index in [1.54, 1.807) is 0 Å². The average molecular weight is 297 g/mol. The van der Waals surface area contributed by atoms with E-state index < -0.39 is 10.2 Å². The Morgan fingerprint density at radius 1 is 1.15 bits per heavy atom. The van der Waals surface area contributed by atoms with Crippen LogP contribution in [0.4, 0.5) is 5.69 Å². The maximum absolute atomic E-state index is 12.1. The van der Waals surface area contributed by atoms with Crippen molar-refractivity contribution in [2.45, 2.75) is 39.3 Å². The minimum Gasteiger partial charge on any atom is -0.310 e. The summed E-state index contributed by atoms with van der Waals surface area (Å²) in [7, 11) is -3.38. The Morgan fingerprint density at radius 2 is 1.75 bits per heavy atom. The molecule has 20 heavy (non-hydrogen) atoms. The van der Waals surface area contributed by atoms with E-state index in [4.69, 9.17) is 0 Å². The fraction of sp³-hybridized carbons (Fsp3) is 0.571. The second-order valence-electron chi connectivity index (χ2n) is 5.45. The van der Waals surface area contributed by atoms with Gasteiger partial charge in [-0.3, -0.25) is 4.72 Å². The molecule has 0 radical (unpaired) electrons. The highest BCUT2D eigenvalue weighted by Crippen LogP contribution is 2.17. The summed E-state index contributed by atoms with van der Waals surface area (Å²) in [5.74, 6) is 0. The van der Waals surface area contributed by atoms with Crippen LogP contribution in [0, 0.1) is 0 Å². The number of hydrogen-bond donors (Lipinski definition) is 2. The zero-order chi connectivity index (χ0) is 14.6. The van der Waals surface area contributed by atoms with E-state index in [1.165, 1.54) is 4.31 Å². The highest BCUT2D eigenvalue weighted by Gasteiger charge is 2.24. The van der Waals surface area contributed by atoms with Gasteiger partial charge in [0.1, 0.15) is 0 Å². The Labute approximate surface area is 121 Å². The smallest absolute Gasteiger partial charge is 0.301 e. The molecule has 1 aromatic carbocycles. The second kappa shape index (κ2) is 6.56. The Morgan fingerprint density at radius 3 is 2.30 bits per heavy atom. The van der Waals surface area contributed by atoms with E-state index in [-0.39, 0.29) is 0 Å². The number of nitrogens with one attached hydrogen (secondary N) is 2. The molecule has 0 spiro atoms. The summed E-state index contributed by atoms with van der Waals surface area (Å²) in [5, 5.41) is 3.33. The molecule has 6 heteroatoms. The average Bonchev–Trinajstić information content (AvgIpc) is 2.92. The summed E-state index contributed by atoms with van der Waals surface area (Å²) in [6.45, 7) is 6.21. The monoisotopic (exact) mass is 297 g/mol. The normalized spacial score (nSPS) is 16.8. The van der Waals surface area contributed by atoms with Crippen molar-refractivity contribution in [2.75, 3.05) is 17.8 Å². The van der Waals surface area contributed by atoms with Crippen molar-refractivity contribution < 1.29 is 8.42 Å². The highest BCUT2D eigenvalue weighted by atomic mass is 32.2. The molecule has 5 nitrogen and oxygen atoms in total. The maximum Gasteiger partial charge on any atom is 0.301 e. The predicted octanol–water partition coefficient (Wildman–Crippen LogP) is 1.94. The summed E-state index contributed by atoms with van der Waals surface area (Å²) in [4.78, 5) is 0. The number of anilines is 1. The maximum atomic E-state index is 12.1. The molecule has 1 aliphatic heterocycles. The molecule has 0 aliphatic carbocycles. The van der Waals surface area contributed by atoms with Gasteiger partial charge in [0.15, 0.2) is 0 Å². The summed E-state index contributed by atoms with van der Waals surface area (Å²) in [5.41, 5.74) is 1.76. The van der Waals surface area contributed by atoms with Gasteiger partial charge in [0.2, 0.25) is 0 Å². The van der Waals surface area contributed by atoms with Gasteiger partial charge in [0.25, 0.3) is 0 Å². The van der Waals surface area contributed by atoms with Crippen molar-refractivity contribution in [1.82, 2.24) is 9.62 Å². The third kappa shape index (κ3) is 4.19. The van der Waals surface area contributed by atoms with Crippen LogP contribution in [0.25, 0.3) is 0 Å². The summed E-state index contributed by atoms with van der Waals surface area (Å²) in [6, 6.07) is 7.94. The van der Waals surface area contributed by atoms with Crippen molar-refractivity contribution in [3.05, 3.63) is 29.8 Å². The number of hydrogen-bond acceptors (Lipinski definition) is 3. The number of benzene rings is 1. The van der Waals surface area contributed by atoms with Crippen LogP contribution >= 0.6 is 0 Å². The second-order valence-corrected chi connectivity index (χ2v) is 7.12. The van der Waals surface area contributed by atoms with Gasteiger partial charge in [0.05, 0.1) is 0 Å². The van der Waals surface area contributed by atoms with Crippen LogP contribution in [0.2, 0.25) is 0 Å². The molecule has 2 N–H and O–H groups in total.